The number of aliphatic carboxylic acids is 1. The summed E-state index contributed by atoms with van der Waals surface area (Å²) < 4.78 is 71.4. The first-order valence-corrected chi connectivity index (χ1v) is 7.58. The van der Waals surface area contributed by atoms with Gasteiger partial charge < -0.3 is 14.4 Å². The zero-order chi connectivity index (χ0) is 19.9. The minimum absolute atomic E-state index is 0.486. The maximum absolute atomic E-state index is 13.7. The Bertz CT molecular complexity index is 875. The van der Waals surface area contributed by atoms with Crippen LogP contribution in [0.2, 0.25) is 0 Å². The second-order valence-corrected chi connectivity index (χ2v) is 5.94. The third-order valence-corrected chi connectivity index (χ3v) is 4.24. The van der Waals surface area contributed by atoms with Gasteiger partial charge in [-0.3, -0.25) is 9.59 Å². The maximum Gasteiger partial charge on any atom is 0.394 e. The smallest absolute Gasteiger partial charge is 0.394 e. The van der Waals surface area contributed by atoms with Crippen LogP contribution in [-0.4, -0.2) is 46.1 Å². The standard InChI is InChI=1S/C16H11F5N2O4/c17-9-2-1-3-10(18)12(9)13-22-11(6-27-13)14(24)23-4-7(15(25)26)8(5-23)16(19,20)21/h1-3,6-8H,4-5H2,(H,25,26)/t7-,8-/m1/s1. The molecule has 1 aliphatic heterocycles. The van der Waals surface area contributed by atoms with Gasteiger partial charge in [0.05, 0.1) is 11.8 Å². The van der Waals surface area contributed by atoms with Crippen LogP contribution < -0.4 is 0 Å². The van der Waals surface area contributed by atoms with E-state index in [2.05, 4.69) is 4.98 Å². The number of amides is 1. The Morgan fingerprint density at radius 3 is 2.33 bits per heavy atom. The Morgan fingerprint density at radius 2 is 1.81 bits per heavy atom. The highest BCUT2D eigenvalue weighted by Gasteiger charge is 2.53. The minimum atomic E-state index is -4.80. The Morgan fingerprint density at radius 1 is 1.19 bits per heavy atom. The molecule has 0 aliphatic carbocycles. The largest absolute Gasteiger partial charge is 0.481 e. The van der Waals surface area contributed by atoms with E-state index in [0.29, 0.717) is 4.90 Å². The number of alkyl halides is 3. The van der Waals surface area contributed by atoms with E-state index >= 15 is 0 Å². The number of carbonyl (C=O) groups is 2. The number of benzene rings is 1. The van der Waals surface area contributed by atoms with Gasteiger partial charge in [-0.1, -0.05) is 6.07 Å². The predicted molar refractivity (Wildman–Crippen MR) is 78.4 cm³/mol. The van der Waals surface area contributed by atoms with E-state index in [1.807, 2.05) is 0 Å². The second-order valence-electron chi connectivity index (χ2n) is 5.94. The lowest BCUT2D eigenvalue weighted by Crippen LogP contribution is -2.34. The van der Waals surface area contributed by atoms with Crippen molar-refractivity contribution in [2.24, 2.45) is 11.8 Å². The molecule has 2 atom stereocenters. The Kier molecular flexibility index (Phi) is 4.62. The van der Waals surface area contributed by atoms with E-state index in [0.717, 1.165) is 24.5 Å². The highest BCUT2D eigenvalue weighted by Crippen LogP contribution is 2.38. The molecule has 1 amide bonds. The highest BCUT2D eigenvalue weighted by atomic mass is 19.4. The van der Waals surface area contributed by atoms with Gasteiger partial charge >= 0.3 is 12.1 Å². The molecular weight excluding hydrogens is 379 g/mol. The van der Waals surface area contributed by atoms with Crippen molar-refractivity contribution >= 4 is 11.9 Å². The summed E-state index contributed by atoms with van der Waals surface area (Å²) in [6, 6.07) is 2.99. The summed E-state index contributed by atoms with van der Waals surface area (Å²) in [5.41, 5.74) is -1.12. The van der Waals surface area contributed by atoms with E-state index in [-0.39, 0.29) is 0 Å². The molecule has 27 heavy (non-hydrogen) atoms. The zero-order valence-electron chi connectivity index (χ0n) is 13.3. The molecule has 0 bridgehead atoms. The number of hydrogen-bond acceptors (Lipinski definition) is 4. The van der Waals surface area contributed by atoms with E-state index in [9.17, 15) is 31.5 Å². The molecule has 1 aliphatic rings. The number of oxazole rings is 1. The number of aromatic nitrogens is 1. The third-order valence-electron chi connectivity index (χ3n) is 4.24. The normalized spacial score (nSPS) is 20.1. The van der Waals surface area contributed by atoms with Gasteiger partial charge in [0.2, 0.25) is 5.89 Å². The van der Waals surface area contributed by atoms with Crippen molar-refractivity contribution in [3.8, 4) is 11.5 Å². The molecule has 144 valence electrons. The van der Waals surface area contributed by atoms with Crippen LogP contribution in [0.4, 0.5) is 22.0 Å². The van der Waals surface area contributed by atoms with Gasteiger partial charge in [0.1, 0.15) is 23.5 Å². The number of carbonyl (C=O) groups excluding carboxylic acids is 1. The molecule has 1 aromatic carbocycles. The minimum Gasteiger partial charge on any atom is -0.481 e. The molecule has 2 heterocycles. The third kappa shape index (κ3) is 3.49. The number of rotatable bonds is 3. The maximum atomic E-state index is 13.7. The van der Waals surface area contributed by atoms with Crippen LogP contribution in [0, 0.1) is 23.5 Å². The molecule has 1 aromatic heterocycles. The molecule has 2 aromatic rings. The summed E-state index contributed by atoms with van der Waals surface area (Å²) in [4.78, 5) is 27.7. The number of nitrogens with zero attached hydrogens (tertiary/aromatic N) is 2. The van der Waals surface area contributed by atoms with E-state index in [4.69, 9.17) is 9.52 Å². The first kappa shape index (κ1) is 18.8. The summed E-state index contributed by atoms with van der Waals surface area (Å²) in [6.07, 6.45) is -4.05. The molecule has 0 radical (unpaired) electrons. The fourth-order valence-corrected chi connectivity index (χ4v) is 2.90. The van der Waals surface area contributed by atoms with Crippen molar-refractivity contribution < 1.29 is 41.1 Å². The molecule has 1 fully saturated rings. The van der Waals surface area contributed by atoms with Crippen LogP contribution in [0.25, 0.3) is 11.5 Å². The van der Waals surface area contributed by atoms with Crippen molar-refractivity contribution in [2.45, 2.75) is 6.18 Å². The molecule has 11 heteroatoms. The van der Waals surface area contributed by atoms with Gasteiger partial charge in [0.15, 0.2) is 5.69 Å². The SMILES string of the molecule is O=C(O)[C@@H]1CN(C(=O)c2coc(-c3c(F)cccc3F)n2)C[C@H]1C(F)(F)F. The Hall–Kier alpha value is -2.98. The van der Waals surface area contributed by atoms with E-state index < -0.39 is 71.8 Å². The molecule has 1 N–H and O–H groups in total. The first-order valence-electron chi connectivity index (χ1n) is 7.58. The van der Waals surface area contributed by atoms with E-state index in [1.54, 1.807) is 0 Å². The summed E-state index contributed by atoms with van der Waals surface area (Å²) in [6.45, 7) is -1.54. The molecule has 0 spiro atoms. The van der Waals surface area contributed by atoms with Crippen molar-refractivity contribution in [3.05, 3.63) is 41.8 Å². The van der Waals surface area contributed by atoms with Crippen LogP contribution in [0.5, 0.6) is 0 Å². The summed E-state index contributed by atoms with van der Waals surface area (Å²) in [7, 11) is 0. The van der Waals surface area contributed by atoms with E-state index in [1.165, 1.54) is 0 Å². The average molecular weight is 390 g/mol. The monoisotopic (exact) mass is 390 g/mol. The fourth-order valence-electron chi connectivity index (χ4n) is 2.90. The number of hydrogen-bond donors (Lipinski definition) is 1. The molecular formula is C16H11F5N2O4. The lowest BCUT2D eigenvalue weighted by Gasteiger charge is -2.17. The lowest BCUT2D eigenvalue weighted by atomic mass is 9.96. The Balaban J connectivity index is 1.86. The van der Waals surface area contributed by atoms with Crippen LogP contribution in [-0.2, 0) is 4.79 Å². The second kappa shape index (κ2) is 6.63. The first-order chi connectivity index (χ1) is 12.6. The predicted octanol–water partition coefficient (Wildman–Crippen LogP) is 2.95. The van der Waals surface area contributed by atoms with Crippen LogP contribution in [0.3, 0.4) is 0 Å². The summed E-state index contributed by atoms with van der Waals surface area (Å²) in [5.74, 6) is -9.31. The zero-order valence-corrected chi connectivity index (χ0v) is 13.3. The molecule has 1 saturated heterocycles. The molecule has 0 unspecified atom stereocenters. The van der Waals surface area contributed by atoms with Crippen LogP contribution in [0.15, 0.2) is 28.9 Å². The lowest BCUT2D eigenvalue weighted by molar-refractivity contribution is -0.187. The fraction of sp³-hybridized carbons (Fsp3) is 0.312. The highest BCUT2D eigenvalue weighted by molar-refractivity contribution is 5.93. The van der Waals surface area contributed by atoms with Gasteiger partial charge in [0.25, 0.3) is 5.91 Å². The van der Waals surface area contributed by atoms with Gasteiger partial charge in [-0.05, 0) is 12.1 Å². The van der Waals surface area contributed by atoms with Crippen molar-refractivity contribution in [3.63, 3.8) is 0 Å². The van der Waals surface area contributed by atoms with Gasteiger partial charge in [-0.15, -0.1) is 0 Å². The quantitative estimate of drug-likeness (QED) is 0.815. The van der Waals surface area contributed by atoms with Gasteiger partial charge in [-0.2, -0.15) is 13.2 Å². The molecule has 0 saturated carbocycles. The van der Waals surface area contributed by atoms with Crippen LogP contribution in [0.1, 0.15) is 10.5 Å². The Labute approximate surface area is 148 Å². The topological polar surface area (TPSA) is 83.6 Å². The van der Waals surface area contributed by atoms with Crippen LogP contribution >= 0.6 is 0 Å². The van der Waals surface area contributed by atoms with Crippen molar-refractivity contribution in [1.29, 1.82) is 0 Å². The number of carboxylic acid groups (broad SMARTS) is 1. The van der Waals surface area contributed by atoms with Crippen molar-refractivity contribution in [2.75, 3.05) is 13.1 Å². The number of likely N-dealkylation sites (tertiary alicyclic amines) is 1. The summed E-state index contributed by atoms with van der Waals surface area (Å²) in [5, 5.41) is 8.98. The molecule has 6 nitrogen and oxygen atoms in total. The number of halogens is 5. The van der Waals surface area contributed by atoms with Gasteiger partial charge in [-0.25, -0.2) is 13.8 Å². The average Bonchev–Trinajstić information content (AvgIpc) is 3.21. The number of carboxylic acids is 1. The molecule has 3 rings (SSSR count). The van der Waals surface area contributed by atoms with Crippen molar-refractivity contribution in [1.82, 2.24) is 9.88 Å². The summed E-state index contributed by atoms with van der Waals surface area (Å²) >= 11 is 0. The van der Waals surface area contributed by atoms with Gasteiger partial charge in [0, 0.05) is 13.1 Å².